The van der Waals surface area contributed by atoms with Gasteiger partial charge in [-0.2, -0.15) is 0 Å². The Kier molecular flexibility index (Phi) is 21.6. The normalized spacial score (nSPS) is 13.9. The van der Waals surface area contributed by atoms with Crippen molar-refractivity contribution >= 4 is 11.8 Å². The van der Waals surface area contributed by atoms with Gasteiger partial charge in [0.05, 0.1) is 0 Å². The zero-order valence-electron chi connectivity index (χ0n) is 22.8. The van der Waals surface area contributed by atoms with Gasteiger partial charge in [-0.1, -0.05) is 124 Å². The first kappa shape index (κ1) is 32.9. The Balaban J connectivity index is 3.98. The summed E-state index contributed by atoms with van der Waals surface area (Å²) in [6.45, 7) is 6.21. The largest absolute Gasteiger partial charge is 0.368 e. The molecule has 0 saturated heterocycles. The first-order chi connectivity index (χ1) is 16.4. The molecular formula is C28H57N3O3. The van der Waals surface area contributed by atoms with Crippen molar-refractivity contribution in [2.24, 2.45) is 5.73 Å². The van der Waals surface area contributed by atoms with Gasteiger partial charge >= 0.3 is 0 Å². The minimum Gasteiger partial charge on any atom is -0.368 e. The first-order valence-corrected chi connectivity index (χ1v) is 14.5. The van der Waals surface area contributed by atoms with Gasteiger partial charge in [0.15, 0.2) is 5.72 Å². The van der Waals surface area contributed by atoms with Crippen LogP contribution in [0.15, 0.2) is 0 Å². The highest BCUT2D eigenvalue weighted by Crippen LogP contribution is 2.14. The minimum absolute atomic E-state index is 0.171. The van der Waals surface area contributed by atoms with Gasteiger partial charge in [0.25, 0.3) is 0 Å². The van der Waals surface area contributed by atoms with E-state index in [9.17, 15) is 14.7 Å². The molecule has 2 amide bonds. The van der Waals surface area contributed by atoms with Crippen molar-refractivity contribution in [3.63, 3.8) is 0 Å². The Bertz CT molecular complexity index is 501. The van der Waals surface area contributed by atoms with Crippen molar-refractivity contribution in [2.75, 3.05) is 0 Å². The highest BCUT2D eigenvalue weighted by molar-refractivity contribution is 5.78. The van der Waals surface area contributed by atoms with Crippen molar-refractivity contribution in [1.29, 1.82) is 0 Å². The lowest BCUT2D eigenvalue weighted by Gasteiger charge is -2.34. The molecule has 0 aromatic carbocycles. The molecule has 2 unspecified atom stereocenters. The summed E-state index contributed by atoms with van der Waals surface area (Å²) in [7, 11) is 0. The van der Waals surface area contributed by atoms with E-state index >= 15 is 0 Å². The topological polar surface area (TPSA) is 104 Å². The van der Waals surface area contributed by atoms with Crippen molar-refractivity contribution in [2.45, 2.75) is 167 Å². The van der Waals surface area contributed by atoms with Gasteiger partial charge in [0, 0.05) is 12.8 Å². The molecule has 0 spiro atoms. The number of unbranched alkanes of at least 4 members (excludes halogenated alkanes) is 16. The zero-order valence-corrected chi connectivity index (χ0v) is 22.8. The van der Waals surface area contributed by atoms with Crippen LogP contribution in [0.1, 0.15) is 156 Å². The molecule has 0 fully saturated rings. The highest BCUT2D eigenvalue weighted by Gasteiger charge is 2.35. The molecule has 0 aliphatic rings. The van der Waals surface area contributed by atoms with Crippen LogP contribution in [-0.4, -0.2) is 28.8 Å². The Labute approximate surface area is 210 Å². The van der Waals surface area contributed by atoms with E-state index < -0.39 is 11.9 Å². The number of rotatable bonds is 24. The van der Waals surface area contributed by atoms with Gasteiger partial charge in [-0.3, -0.25) is 9.59 Å². The van der Waals surface area contributed by atoms with Gasteiger partial charge in [0.2, 0.25) is 11.8 Å². The SMILES string of the molecule is CCCCCCCCCCCC(=O)NC(N)C(O)(CC)NC(=O)CCCCCCCCCCC. The van der Waals surface area contributed by atoms with Crippen LogP contribution in [0.25, 0.3) is 0 Å². The number of nitrogens with two attached hydrogens (primary N) is 1. The number of carbonyl (C=O) groups is 2. The summed E-state index contributed by atoms with van der Waals surface area (Å²) < 4.78 is 0. The lowest BCUT2D eigenvalue weighted by atomic mass is 10.0. The molecule has 6 heteroatoms. The third-order valence-electron chi connectivity index (χ3n) is 6.74. The van der Waals surface area contributed by atoms with Crippen molar-refractivity contribution in [1.82, 2.24) is 10.6 Å². The van der Waals surface area contributed by atoms with Gasteiger partial charge < -0.3 is 21.5 Å². The summed E-state index contributed by atoms with van der Waals surface area (Å²) in [5.74, 6) is -0.383. The van der Waals surface area contributed by atoms with Gasteiger partial charge in [-0.25, -0.2) is 0 Å². The highest BCUT2D eigenvalue weighted by atomic mass is 16.3. The summed E-state index contributed by atoms with van der Waals surface area (Å²) in [5, 5.41) is 16.1. The Morgan fingerprint density at radius 2 is 1.00 bits per heavy atom. The average Bonchev–Trinajstić information content (AvgIpc) is 2.81. The van der Waals surface area contributed by atoms with Crippen LogP contribution in [0.5, 0.6) is 0 Å². The molecule has 0 aromatic rings. The lowest BCUT2D eigenvalue weighted by Crippen LogP contribution is -2.66. The maximum atomic E-state index is 12.3. The Morgan fingerprint density at radius 1 is 0.647 bits per heavy atom. The van der Waals surface area contributed by atoms with E-state index in [1.807, 2.05) is 0 Å². The molecule has 0 radical (unpaired) electrons. The second-order valence-corrected chi connectivity index (χ2v) is 10.0. The number of nitrogens with one attached hydrogen (secondary N) is 2. The fourth-order valence-corrected chi connectivity index (χ4v) is 4.25. The van der Waals surface area contributed by atoms with Crippen LogP contribution < -0.4 is 16.4 Å². The van der Waals surface area contributed by atoms with E-state index in [0.717, 1.165) is 38.5 Å². The van der Waals surface area contributed by atoms with E-state index in [0.29, 0.717) is 12.8 Å². The van der Waals surface area contributed by atoms with Gasteiger partial charge in [-0.15, -0.1) is 0 Å². The number of hydrogen-bond donors (Lipinski definition) is 4. The standard InChI is InChI=1S/C28H57N3O3/c1-4-7-9-11-13-15-17-19-21-23-25(32)30-27(29)28(34,6-3)31-26(33)24-22-20-18-16-14-12-10-8-5-2/h27,34H,4-24,29H2,1-3H3,(H,30,32)(H,31,33). The molecule has 0 aliphatic carbocycles. The second-order valence-electron chi connectivity index (χ2n) is 10.0. The van der Waals surface area contributed by atoms with Crippen LogP contribution >= 0.6 is 0 Å². The van der Waals surface area contributed by atoms with E-state index in [1.165, 1.54) is 77.0 Å². The summed E-state index contributed by atoms with van der Waals surface area (Å²) in [4.78, 5) is 24.6. The summed E-state index contributed by atoms with van der Waals surface area (Å²) in [5.41, 5.74) is 4.45. The summed E-state index contributed by atoms with van der Waals surface area (Å²) in [6, 6.07) is 0. The molecule has 0 aliphatic heterocycles. The van der Waals surface area contributed by atoms with E-state index in [-0.39, 0.29) is 18.2 Å². The molecular weight excluding hydrogens is 426 g/mol. The molecule has 0 saturated carbocycles. The number of hydrogen-bond acceptors (Lipinski definition) is 4. The van der Waals surface area contributed by atoms with Crippen molar-refractivity contribution in [3.8, 4) is 0 Å². The minimum atomic E-state index is -1.62. The second kappa shape index (κ2) is 22.3. The van der Waals surface area contributed by atoms with E-state index in [1.54, 1.807) is 6.92 Å². The first-order valence-electron chi connectivity index (χ1n) is 14.5. The number of carbonyl (C=O) groups excluding carboxylic acids is 2. The fourth-order valence-electron chi connectivity index (χ4n) is 4.25. The Hall–Kier alpha value is -1.14. The van der Waals surface area contributed by atoms with Crippen molar-refractivity contribution in [3.05, 3.63) is 0 Å². The molecule has 0 rings (SSSR count). The number of amides is 2. The third kappa shape index (κ3) is 18.2. The molecule has 6 nitrogen and oxygen atoms in total. The maximum absolute atomic E-state index is 12.3. The quantitative estimate of drug-likeness (QED) is 0.0936. The summed E-state index contributed by atoms with van der Waals surface area (Å²) in [6.07, 6.45) is 21.4. The lowest BCUT2D eigenvalue weighted by molar-refractivity contribution is -0.135. The molecule has 0 heterocycles. The monoisotopic (exact) mass is 483 g/mol. The van der Waals surface area contributed by atoms with Gasteiger partial charge in [-0.05, 0) is 19.3 Å². The average molecular weight is 484 g/mol. The van der Waals surface area contributed by atoms with Crippen molar-refractivity contribution < 1.29 is 14.7 Å². The third-order valence-corrected chi connectivity index (χ3v) is 6.74. The number of aliphatic hydroxyl groups is 1. The Morgan fingerprint density at radius 3 is 1.38 bits per heavy atom. The van der Waals surface area contributed by atoms with Crippen LogP contribution in [0.3, 0.4) is 0 Å². The van der Waals surface area contributed by atoms with Crippen LogP contribution in [0, 0.1) is 0 Å². The molecule has 5 N–H and O–H groups in total. The molecule has 202 valence electrons. The molecule has 0 bridgehead atoms. The smallest absolute Gasteiger partial charge is 0.222 e. The predicted molar refractivity (Wildman–Crippen MR) is 143 cm³/mol. The van der Waals surface area contributed by atoms with Gasteiger partial charge in [0.1, 0.15) is 6.17 Å². The van der Waals surface area contributed by atoms with Crippen LogP contribution in [0.4, 0.5) is 0 Å². The van der Waals surface area contributed by atoms with Crippen LogP contribution in [0.2, 0.25) is 0 Å². The summed E-state index contributed by atoms with van der Waals surface area (Å²) >= 11 is 0. The predicted octanol–water partition coefficient (Wildman–Crippen LogP) is 6.44. The maximum Gasteiger partial charge on any atom is 0.222 e. The van der Waals surface area contributed by atoms with E-state index in [4.69, 9.17) is 5.73 Å². The molecule has 0 aromatic heterocycles. The van der Waals surface area contributed by atoms with E-state index in [2.05, 4.69) is 24.5 Å². The molecule has 34 heavy (non-hydrogen) atoms. The fraction of sp³-hybridized carbons (Fsp3) is 0.929. The zero-order chi connectivity index (χ0) is 25.5. The molecule has 2 atom stereocenters. The van der Waals surface area contributed by atoms with Crippen LogP contribution in [-0.2, 0) is 9.59 Å².